The van der Waals surface area contributed by atoms with Crippen molar-refractivity contribution in [2.75, 3.05) is 11.4 Å². The second-order valence-corrected chi connectivity index (χ2v) is 10.7. The Morgan fingerprint density at radius 2 is 1.86 bits per heavy atom. The monoisotopic (exact) mass is 499 g/mol. The van der Waals surface area contributed by atoms with Crippen LogP contribution in [0.3, 0.4) is 0 Å². The molecule has 1 saturated heterocycles. The zero-order valence-corrected chi connectivity index (χ0v) is 21.3. The minimum Gasteiger partial charge on any atom is -0.444 e. The summed E-state index contributed by atoms with van der Waals surface area (Å²) < 4.78 is 32.3. The van der Waals surface area contributed by atoms with Gasteiger partial charge in [0.25, 0.3) is 6.43 Å². The van der Waals surface area contributed by atoms with Gasteiger partial charge < -0.3 is 9.64 Å². The highest BCUT2D eigenvalue weighted by atomic mass is 19.3. The Morgan fingerprint density at radius 1 is 1.11 bits per heavy atom. The minimum atomic E-state index is -2.66. The summed E-state index contributed by atoms with van der Waals surface area (Å²) in [5.74, 6) is 0.176. The molecule has 8 heteroatoms. The maximum Gasteiger partial charge on any atom is 0.410 e. The lowest BCUT2D eigenvalue weighted by molar-refractivity contribution is -0.128. The molecule has 2 fully saturated rings. The fourth-order valence-corrected chi connectivity index (χ4v) is 4.86. The first kappa shape index (κ1) is 26.0. The van der Waals surface area contributed by atoms with Crippen LogP contribution in [0.1, 0.15) is 88.5 Å². The molecule has 1 aromatic heterocycles. The van der Waals surface area contributed by atoms with Gasteiger partial charge in [-0.05, 0) is 69.7 Å². The number of likely N-dealkylation sites (tertiary alicyclic amines) is 1. The number of benzene rings is 1. The van der Waals surface area contributed by atoms with Crippen molar-refractivity contribution < 1.29 is 23.1 Å². The van der Waals surface area contributed by atoms with Gasteiger partial charge >= 0.3 is 6.09 Å². The SMILES string of the molecule is CC(C)(C)OC(=O)N1CC[C@@H]1C(=O)N(Cc1ccc(C2CCCCC2)cn1)c1cccc(C(F)F)c1. The summed E-state index contributed by atoms with van der Waals surface area (Å²) in [5.41, 5.74) is 1.37. The van der Waals surface area contributed by atoms with Gasteiger partial charge in [0.2, 0.25) is 5.91 Å². The predicted octanol–water partition coefficient (Wildman–Crippen LogP) is 6.61. The number of rotatable bonds is 6. The lowest BCUT2D eigenvalue weighted by Crippen LogP contribution is -2.59. The van der Waals surface area contributed by atoms with Gasteiger partial charge in [-0.1, -0.05) is 37.5 Å². The Hall–Kier alpha value is -3.03. The van der Waals surface area contributed by atoms with E-state index in [1.165, 1.54) is 52.8 Å². The number of anilines is 1. The molecule has 4 rings (SSSR count). The minimum absolute atomic E-state index is 0.120. The van der Waals surface area contributed by atoms with Gasteiger partial charge in [0.15, 0.2) is 0 Å². The second-order valence-electron chi connectivity index (χ2n) is 10.7. The summed E-state index contributed by atoms with van der Waals surface area (Å²) in [6, 6.07) is 9.08. The van der Waals surface area contributed by atoms with Crippen molar-refractivity contribution in [3.8, 4) is 0 Å². The molecule has 1 atom stereocenters. The van der Waals surface area contributed by atoms with Crippen LogP contribution in [0.4, 0.5) is 19.3 Å². The molecule has 0 bridgehead atoms. The van der Waals surface area contributed by atoms with Crippen LogP contribution in [0, 0.1) is 0 Å². The first-order valence-electron chi connectivity index (χ1n) is 12.8. The van der Waals surface area contributed by atoms with Crippen molar-refractivity contribution in [2.45, 2.75) is 89.8 Å². The predicted molar refractivity (Wildman–Crippen MR) is 134 cm³/mol. The first-order valence-corrected chi connectivity index (χ1v) is 12.8. The van der Waals surface area contributed by atoms with Crippen molar-refractivity contribution in [1.82, 2.24) is 9.88 Å². The van der Waals surface area contributed by atoms with Crippen LogP contribution in [0.15, 0.2) is 42.6 Å². The Kier molecular flexibility index (Phi) is 7.91. The molecule has 36 heavy (non-hydrogen) atoms. The van der Waals surface area contributed by atoms with Crippen LogP contribution in [0.2, 0.25) is 0 Å². The Morgan fingerprint density at radius 3 is 2.44 bits per heavy atom. The summed E-state index contributed by atoms with van der Waals surface area (Å²) in [6.45, 7) is 5.84. The summed E-state index contributed by atoms with van der Waals surface area (Å²) in [6.07, 6.45) is 5.20. The van der Waals surface area contributed by atoms with Gasteiger partial charge in [-0.15, -0.1) is 0 Å². The number of halogens is 2. The Bertz CT molecular complexity index is 1060. The third kappa shape index (κ3) is 6.20. The normalized spacial score (nSPS) is 18.6. The van der Waals surface area contributed by atoms with E-state index in [2.05, 4.69) is 11.1 Å². The molecule has 1 saturated carbocycles. The average molecular weight is 500 g/mol. The molecule has 2 aromatic rings. The Balaban J connectivity index is 1.57. The van der Waals surface area contributed by atoms with E-state index in [0.717, 1.165) is 12.8 Å². The van der Waals surface area contributed by atoms with Crippen LogP contribution in [-0.2, 0) is 16.1 Å². The fraction of sp³-hybridized carbons (Fsp3) is 0.536. The van der Waals surface area contributed by atoms with Gasteiger partial charge in [0, 0.05) is 24.0 Å². The molecule has 0 unspecified atom stereocenters. The number of amides is 2. The highest BCUT2D eigenvalue weighted by Crippen LogP contribution is 2.33. The zero-order valence-electron chi connectivity index (χ0n) is 21.3. The number of carbonyl (C=O) groups is 2. The van der Waals surface area contributed by atoms with E-state index in [9.17, 15) is 18.4 Å². The smallest absolute Gasteiger partial charge is 0.410 e. The van der Waals surface area contributed by atoms with E-state index >= 15 is 0 Å². The molecule has 1 aromatic carbocycles. The lowest BCUT2D eigenvalue weighted by atomic mass is 9.85. The van der Waals surface area contributed by atoms with E-state index in [1.54, 1.807) is 26.8 Å². The number of hydrogen-bond donors (Lipinski definition) is 0. The summed E-state index contributed by atoms with van der Waals surface area (Å²) in [7, 11) is 0. The molecule has 6 nitrogen and oxygen atoms in total. The van der Waals surface area contributed by atoms with E-state index in [4.69, 9.17) is 4.74 Å². The maximum atomic E-state index is 13.7. The lowest BCUT2D eigenvalue weighted by Gasteiger charge is -2.42. The molecule has 1 aliphatic heterocycles. The van der Waals surface area contributed by atoms with Crippen molar-refractivity contribution in [3.05, 3.63) is 59.4 Å². The largest absolute Gasteiger partial charge is 0.444 e. The van der Waals surface area contributed by atoms with Gasteiger partial charge in [-0.3, -0.25) is 14.7 Å². The number of aromatic nitrogens is 1. The van der Waals surface area contributed by atoms with Gasteiger partial charge in [-0.2, -0.15) is 0 Å². The van der Waals surface area contributed by atoms with Crippen molar-refractivity contribution >= 4 is 17.7 Å². The number of alkyl halides is 2. The van der Waals surface area contributed by atoms with E-state index in [1.807, 2.05) is 12.3 Å². The van der Waals surface area contributed by atoms with Crippen molar-refractivity contribution in [3.63, 3.8) is 0 Å². The third-order valence-electron chi connectivity index (χ3n) is 6.88. The number of carbonyl (C=O) groups excluding carboxylic acids is 2. The van der Waals surface area contributed by atoms with Gasteiger partial charge in [0.05, 0.1) is 12.2 Å². The molecule has 2 amide bonds. The van der Waals surface area contributed by atoms with E-state index in [-0.39, 0.29) is 18.0 Å². The van der Waals surface area contributed by atoms with E-state index in [0.29, 0.717) is 30.3 Å². The Labute approximate surface area is 211 Å². The fourth-order valence-electron chi connectivity index (χ4n) is 4.86. The van der Waals surface area contributed by atoms with Crippen LogP contribution in [0.5, 0.6) is 0 Å². The molecule has 0 radical (unpaired) electrons. The van der Waals surface area contributed by atoms with Crippen molar-refractivity contribution in [2.24, 2.45) is 0 Å². The van der Waals surface area contributed by atoms with Crippen LogP contribution >= 0.6 is 0 Å². The molecule has 2 heterocycles. The quantitative estimate of drug-likeness (QED) is 0.449. The van der Waals surface area contributed by atoms with Gasteiger partial charge in [0.1, 0.15) is 11.6 Å². The highest BCUT2D eigenvalue weighted by Gasteiger charge is 2.42. The molecule has 194 valence electrons. The highest BCUT2D eigenvalue weighted by molar-refractivity contribution is 5.99. The number of ether oxygens (including phenoxy) is 1. The summed E-state index contributed by atoms with van der Waals surface area (Å²) >= 11 is 0. The molecule has 0 N–H and O–H groups in total. The third-order valence-corrected chi connectivity index (χ3v) is 6.88. The standard InChI is InChI=1S/C28H35F2N3O3/c1-28(2,3)36-27(35)32-15-14-24(32)26(34)33(23-11-7-10-20(16-23)25(29)30)18-22-13-12-21(17-31-22)19-8-5-4-6-9-19/h7,10-13,16-17,19,24-25H,4-6,8-9,14-15,18H2,1-3H3/t24-/m1/s1. The molecule has 2 aliphatic rings. The van der Waals surface area contributed by atoms with Crippen LogP contribution < -0.4 is 4.90 Å². The van der Waals surface area contributed by atoms with E-state index < -0.39 is 24.2 Å². The number of pyridine rings is 1. The second kappa shape index (κ2) is 10.9. The maximum absolute atomic E-state index is 13.7. The number of nitrogens with zero attached hydrogens (tertiary/aromatic N) is 3. The van der Waals surface area contributed by atoms with Crippen LogP contribution in [0.25, 0.3) is 0 Å². The average Bonchev–Trinajstić information content (AvgIpc) is 2.81. The topological polar surface area (TPSA) is 62.7 Å². The first-order chi connectivity index (χ1) is 17.1. The zero-order chi connectivity index (χ0) is 25.9. The molecular weight excluding hydrogens is 464 g/mol. The summed E-state index contributed by atoms with van der Waals surface area (Å²) in [4.78, 5) is 33.8. The molecule has 1 aliphatic carbocycles. The molecular formula is C28H35F2N3O3. The summed E-state index contributed by atoms with van der Waals surface area (Å²) in [5, 5.41) is 0. The number of hydrogen-bond acceptors (Lipinski definition) is 4. The van der Waals surface area contributed by atoms with Gasteiger partial charge in [-0.25, -0.2) is 13.6 Å². The van der Waals surface area contributed by atoms with Crippen molar-refractivity contribution in [1.29, 1.82) is 0 Å². The van der Waals surface area contributed by atoms with Crippen LogP contribution in [-0.4, -0.2) is 40.1 Å². The molecule has 0 spiro atoms.